The SMILES string of the molecule is CCCC(NC(=O)N(CC)CCO)C(=O)O. The zero-order valence-corrected chi connectivity index (χ0v) is 9.77. The molecule has 0 bridgehead atoms. The predicted octanol–water partition coefficient (Wildman–Crippen LogP) is 0.263. The summed E-state index contributed by atoms with van der Waals surface area (Å²) in [6.07, 6.45) is 1.08. The predicted molar refractivity (Wildman–Crippen MR) is 59.2 cm³/mol. The number of carbonyl (C=O) groups is 2. The van der Waals surface area contributed by atoms with Crippen LogP contribution < -0.4 is 5.32 Å². The van der Waals surface area contributed by atoms with Gasteiger partial charge in [0.2, 0.25) is 0 Å². The van der Waals surface area contributed by atoms with Crippen molar-refractivity contribution in [2.45, 2.75) is 32.7 Å². The molecule has 0 aliphatic carbocycles. The number of nitrogens with zero attached hydrogens (tertiary/aromatic N) is 1. The third-order valence-corrected chi connectivity index (χ3v) is 2.21. The van der Waals surface area contributed by atoms with Gasteiger partial charge in [-0.2, -0.15) is 0 Å². The van der Waals surface area contributed by atoms with Crippen LogP contribution in [0, 0.1) is 0 Å². The van der Waals surface area contributed by atoms with Crippen molar-refractivity contribution in [3.63, 3.8) is 0 Å². The van der Waals surface area contributed by atoms with E-state index in [-0.39, 0.29) is 13.2 Å². The van der Waals surface area contributed by atoms with Gasteiger partial charge in [0.05, 0.1) is 6.61 Å². The molecule has 0 saturated carbocycles. The van der Waals surface area contributed by atoms with E-state index in [9.17, 15) is 9.59 Å². The van der Waals surface area contributed by atoms with Gasteiger partial charge in [0.15, 0.2) is 0 Å². The van der Waals surface area contributed by atoms with Gasteiger partial charge < -0.3 is 20.4 Å². The molecule has 0 aliphatic heterocycles. The number of amides is 2. The molecule has 6 heteroatoms. The van der Waals surface area contributed by atoms with Crippen LogP contribution >= 0.6 is 0 Å². The number of carboxylic acids is 1. The first kappa shape index (κ1) is 14.7. The average Bonchev–Trinajstić information content (AvgIpc) is 2.24. The Morgan fingerprint density at radius 3 is 2.38 bits per heavy atom. The molecular weight excluding hydrogens is 212 g/mol. The molecule has 0 radical (unpaired) electrons. The molecular formula is C10H20N2O4. The highest BCUT2D eigenvalue weighted by atomic mass is 16.4. The first-order valence-electron chi connectivity index (χ1n) is 5.45. The minimum atomic E-state index is -1.03. The lowest BCUT2D eigenvalue weighted by Gasteiger charge is -2.22. The Morgan fingerprint density at radius 1 is 1.38 bits per heavy atom. The number of urea groups is 1. The fourth-order valence-corrected chi connectivity index (χ4v) is 1.31. The van der Waals surface area contributed by atoms with Crippen molar-refractivity contribution in [2.24, 2.45) is 0 Å². The molecule has 1 atom stereocenters. The number of nitrogens with one attached hydrogen (secondary N) is 1. The van der Waals surface area contributed by atoms with Gasteiger partial charge in [-0.05, 0) is 13.3 Å². The molecule has 0 aromatic carbocycles. The normalized spacial score (nSPS) is 11.9. The molecule has 0 fully saturated rings. The number of rotatable bonds is 7. The topological polar surface area (TPSA) is 89.9 Å². The van der Waals surface area contributed by atoms with Crippen molar-refractivity contribution >= 4 is 12.0 Å². The lowest BCUT2D eigenvalue weighted by Crippen LogP contribution is -2.48. The van der Waals surface area contributed by atoms with E-state index in [1.807, 2.05) is 6.92 Å². The van der Waals surface area contributed by atoms with Crippen LogP contribution in [0.15, 0.2) is 0 Å². The average molecular weight is 232 g/mol. The Morgan fingerprint density at radius 2 is 2.00 bits per heavy atom. The third-order valence-electron chi connectivity index (χ3n) is 2.21. The van der Waals surface area contributed by atoms with Gasteiger partial charge >= 0.3 is 12.0 Å². The summed E-state index contributed by atoms with van der Waals surface area (Å²) in [7, 11) is 0. The van der Waals surface area contributed by atoms with E-state index >= 15 is 0 Å². The van der Waals surface area contributed by atoms with E-state index in [1.165, 1.54) is 4.90 Å². The molecule has 2 amide bonds. The van der Waals surface area contributed by atoms with Crippen LogP contribution in [0.3, 0.4) is 0 Å². The van der Waals surface area contributed by atoms with Crippen LogP contribution in [0.4, 0.5) is 4.79 Å². The highest BCUT2D eigenvalue weighted by Crippen LogP contribution is 1.99. The molecule has 3 N–H and O–H groups in total. The van der Waals surface area contributed by atoms with E-state index in [1.54, 1.807) is 6.92 Å². The highest BCUT2D eigenvalue weighted by Gasteiger charge is 2.21. The number of hydrogen-bond acceptors (Lipinski definition) is 3. The zero-order chi connectivity index (χ0) is 12.6. The lowest BCUT2D eigenvalue weighted by atomic mass is 10.2. The third kappa shape index (κ3) is 4.97. The second-order valence-corrected chi connectivity index (χ2v) is 3.43. The van der Waals surface area contributed by atoms with Gasteiger partial charge in [-0.25, -0.2) is 9.59 Å². The van der Waals surface area contributed by atoms with Crippen LogP contribution in [0.25, 0.3) is 0 Å². The quantitative estimate of drug-likeness (QED) is 0.587. The number of hydrogen-bond donors (Lipinski definition) is 3. The largest absolute Gasteiger partial charge is 0.480 e. The molecule has 6 nitrogen and oxygen atoms in total. The molecule has 94 valence electrons. The maximum Gasteiger partial charge on any atom is 0.326 e. The number of likely N-dealkylation sites (N-methyl/N-ethyl adjacent to an activating group) is 1. The van der Waals surface area contributed by atoms with Crippen molar-refractivity contribution in [2.75, 3.05) is 19.7 Å². The molecule has 0 heterocycles. The van der Waals surface area contributed by atoms with E-state index in [0.717, 1.165) is 0 Å². The number of carboxylic acid groups (broad SMARTS) is 1. The van der Waals surface area contributed by atoms with E-state index in [0.29, 0.717) is 19.4 Å². The van der Waals surface area contributed by atoms with Crippen molar-refractivity contribution < 1.29 is 19.8 Å². The molecule has 1 unspecified atom stereocenters. The van der Waals surface area contributed by atoms with E-state index in [4.69, 9.17) is 10.2 Å². The molecule has 0 saturated heterocycles. The summed E-state index contributed by atoms with van der Waals surface area (Å²) >= 11 is 0. The number of aliphatic hydroxyl groups excluding tert-OH is 1. The van der Waals surface area contributed by atoms with Gasteiger partial charge in [-0.1, -0.05) is 13.3 Å². The van der Waals surface area contributed by atoms with Crippen molar-refractivity contribution in [3.05, 3.63) is 0 Å². The molecule has 0 aromatic rings. The Labute approximate surface area is 95.2 Å². The summed E-state index contributed by atoms with van der Waals surface area (Å²) in [4.78, 5) is 23.8. The van der Waals surface area contributed by atoms with Gasteiger partial charge in [0.25, 0.3) is 0 Å². The molecule has 16 heavy (non-hydrogen) atoms. The van der Waals surface area contributed by atoms with Gasteiger partial charge in [0, 0.05) is 13.1 Å². The summed E-state index contributed by atoms with van der Waals surface area (Å²) < 4.78 is 0. The molecule has 0 rings (SSSR count). The summed E-state index contributed by atoms with van der Waals surface area (Å²) in [5.41, 5.74) is 0. The van der Waals surface area contributed by atoms with Crippen LogP contribution in [0.1, 0.15) is 26.7 Å². The number of aliphatic hydroxyl groups is 1. The summed E-state index contributed by atoms with van der Waals surface area (Å²) in [5.74, 6) is -1.03. The standard InChI is InChI=1S/C10H20N2O4/c1-3-5-8(9(14)15)11-10(16)12(4-2)6-7-13/h8,13H,3-7H2,1-2H3,(H,11,16)(H,14,15). The fraction of sp³-hybridized carbons (Fsp3) is 0.800. The summed E-state index contributed by atoms with van der Waals surface area (Å²) in [5, 5.41) is 20.0. The molecule has 0 aliphatic rings. The zero-order valence-electron chi connectivity index (χ0n) is 9.77. The smallest absolute Gasteiger partial charge is 0.326 e. The minimum Gasteiger partial charge on any atom is -0.480 e. The van der Waals surface area contributed by atoms with Crippen molar-refractivity contribution in [3.8, 4) is 0 Å². The molecule has 0 spiro atoms. The van der Waals surface area contributed by atoms with Crippen LogP contribution in [0.5, 0.6) is 0 Å². The first-order valence-corrected chi connectivity index (χ1v) is 5.45. The van der Waals surface area contributed by atoms with Crippen LogP contribution in [0.2, 0.25) is 0 Å². The fourth-order valence-electron chi connectivity index (χ4n) is 1.31. The van der Waals surface area contributed by atoms with E-state index < -0.39 is 18.0 Å². The van der Waals surface area contributed by atoms with Crippen molar-refractivity contribution in [1.82, 2.24) is 10.2 Å². The second kappa shape index (κ2) is 7.92. The van der Waals surface area contributed by atoms with E-state index in [2.05, 4.69) is 5.32 Å². The minimum absolute atomic E-state index is 0.132. The van der Waals surface area contributed by atoms with Crippen molar-refractivity contribution in [1.29, 1.82) is 0 Å². The summed E-state index contributed by atoms with van der Waals surface area (Å²) in [6, 6.07) is -1.30. The molecule has 0 aromatic heterocycles. The number of carbonyl (C=O) groups excluding carboxylic acids is 1. The second-order valence-electron chi connectivity index (χ2n) is 3.43. The Balaban J connectivity index is 4.31. The lowest BCUT2D eigenvalue weighted by molar-refractivity contribution is -0.139. The van der Waals surface area contributed by atoms with Gasteiger partial charge in [-0.3, -0.25) is 0 Å². The Bertz CT molecular complexity index is 233. The Hall–Kier alpha value is -1.30. The monoisotopic (exact) mass is 232 g/mol. The Kier molecular flexibility index (Phi) is 7.28. The summed E-state index contributed by atoms with van der Waals surface area (Å²) in [6.45, 7) is 4.14. The maximum absolute atomic E-state index is 11.6. The number of aliphatic carboxylic acids is 1. The van der Waals surface area contributed by atoms with Gasteiger partial charge in [-0.15, -0.1) is 0 Å². The van der Waals surface area contributed by atoms with Crippen LogP contribution in [-0.2, 0) is 4.79 Å². The van der Waals surface area contributed by atoms with Gasteiger partial charge in [0.1, 0.15) is 6.04 Å². The van der Waals surface area contributed by atoms with Crippen LogP contribution in [-0.4, -0.2) is 52.9 Å². The highest BCUT2D eigenvalue weighted by molar-refractivity contribution is 5.82. The first-order chi connectivity index (χ1) is 7.56. The maximum atomic E-state index is 11.6.